The van der Waals surface area contributed by atoms with Crippen LogP contribution in [0.25, 0.3) is 0 Å². The van der Waals surface area contributed by atoms with E-state index in [0.29, 0.717) is 24.8 Å². The van der Waals surface area contributed by atoms with Crippen molar-refractivity contribution in [2.45, 2.75) is 25.8 Å². The number of hydrogen-bond acceptors (Lipinski definition) is 4. The molecule has 1 aromatic rings. The van der Waals surface area contributed by atoms with E-state index in [1.807, 2.05) is 29.2 Å². The van der Waals surface area contributed by atoms with Crippen LogP contribution in [0.5, 0.6) is 0 Å². The van der Waals surface area contributed by atoms with Crippen LogP contribution in [0.15, 0.2) is 29.3 Å². The lowest BCUT2D eigenvalue weighted by molar-refractivity contribution is -0.127. The van der Waals surface area contributed by atoms with E-state index in [1.165, 1.54) is 0 Å². The minimum absolute atomic E-state index is 0.0108. The molecule has 0 saturated carbocycles. The SMILES string of the molecule is CN(C)C(=O)CNC(=NCc1ccc(N2CCCC2=O)cc1)NCC1CCOC1. The van der Waals surface area contributed by atoms with Crippen molar-refractivity contribution < 1.29 is 14.3 Å². The lowest BCUT2D eigenvalue weighted by Crippen LogP contribution is -2.44. The van der Waals surface area contributed by atoms with Gasteiger partial charge in [0.2, 0.25) is 11.8 Å². The van der Waals surface area contributed by atoms with Gasteiger partial charge in [-0.05, 0) is 30.5 Å². The molecule has 0 spiro atoms. The number of carbonyl (C=O) groups excluding carboxylic acids is 2. The van der Waals surface area contributed by atoms with Crippen LogP contribution in [0.2, 0.25) is 0 Å². The molecule has 3 rings (SSSR count). The zero-order valence-corrected chi connectivity index (χ0v) is 17.3. The van der Waals surface area contributed by atoms with Gasteiger partial charge in [0.25, 0.3) is 0 Å². The van der Waals surface area contributed by atoms with Crippen LogP contribution in [-0.4, -0.2) is 69.6 Å². The van der Waals surface area contributed by atoms with Crippen LogP contribution in [0, 0.1) is 5.92 Å². The third-order valence-electron chi connectivity index (χ3n) is 5.23. The molecule has 2 saturated heterocycles. The van der Waals surface area contributed by atoms with E-state index in [-0.39, 0.29) is 18.4 Å². The van der Waals surface area contributed by atoms with Crippen molar-refractivity contribution in [2.24, 2.45) is 10.9 Å². The molecule has 2 aliphatic rings. The van der Waals surface area contributed by atoms with Gasteiger partial charge in [-0.25, -0.2) is 4.99 Å². The van der Waals surface area contributed by atoms with Crippen molar-refractivity contribution in [3.63, 3.8) is 0 Å². The number of rotatable bonds is 7. The van der Waals surface area contributed by atoms with E-state index in [4.69, 9.17) is 4.74 Å². The van der Waals surface area contributed by atoms with Gasteiger partial charge in [-0.15, -0.1) is 0 Å². The first-order valence-corrected chi connectivity index (χ1v) is 10.2. The van der Waals surface area contributed by atoms with Crippen molar-refractivity contribution in [3.8, 4) is 0 Å². The van der Waals surface area contributed by atoms with E-state index in [9.17, 15) is 9.59 Å². The van der Waals surface area contributed by atoms with E-state index < -0.39 is 0 Å². The number of amides is 2. The molecular weight excluding hydrogens is 370 g/mol. The van der Waals surface area contributed by atoms with E-state index in [2.05, 4.69) is 15.6 Å². The summed E-state index contributed by atoms with van der Waals surface area (Å²) in [7, 11) is 3.47. The van der Waals surface area contributed by atoms with Crippen LogP contribution in [0.1, 0.15) is 24.8 Å². The number of nitrogens with one attached hydrogen (secondary N) is 2. The Hall–Kier alpha value is -2.61. The lowest BCUT2D eigenvalue weighted by Gasteiger charge is -2.17. The smallest absolute Gasteiger partial charge is 0.241 e. The molecule has 8 nitrogen and oxygen atoms in total. The number of likely N-dealkylation sites (N-methyl/N-ethyl adjacent to an activating group) is 1. The molecule has 2 amide bonds. The molecule has 2 N–H and O–H groups in total. The van der Waals surface area contributed by atoms with Gasteiger partial charge in [0.1, 0.15) is 0 Å². The Labute approximate surface area is 172 Å². The maximum absolute atomic E-state index is 11.9. The normalized spacial score (nSPS) is 19.5. The topological polar surface area (TPSA) is 86.3 Å². The molecule has 1 aromatic carbocycles. The minimum atomic E-state index is -0.0108. The molecule has 0 bridgehead atoms. The Morgan fingerprint density at radius 2 is 2.07 bits per heavy atom. The van der Waals surface area contributed by atoms with Crippen molar-refractivity contribution >= 4 is 23.5 Å². The largest absolute Gasteiger partial charge is 0.381 e. The average molecular weight is 402 g/mol. The summed E-state index contributed by atoms with van der Waals surface area (Å²) in [5.74, 6) is 1.26. The fourth-order valence-electron chi connectivity index (χ4n) is 3.35. The quantitative estimate of drug-likeness (QED) is 0.525. The third kappa shape index (κ3) is 6.19. The second-order valence-corrected chi connectivity index (χ2v) is 7.73. The van der Waals surface area contributed by atoms with Gasteiger partial charge < -0.3 is 25.2 Å². The summed E-state index contributed by atoms with van der Waals surface area (Å²) < 4.78 is 5.42. The van der Waals surface area contributed by atoms with E-state index in [0.717, 1.165) is 50.4 Å². The highest BCUT2D eigenvalue weighted by Gasteiger charge is 2.21. The molecule has 158 valence electrons. The minimum Gasteiger partial charge on any atom is -0.381 e. The van der Waals surface area contributed by atoms with Gasteiger partial charge in [-0.3, -0.25) is 9.59 Å². The molecule has 0 aromatic heterocycles. The number of guanidine groups is 1. The van der Waals surface area contributed by atoms with Crippen LogP contribution in [-0.2, 0) is 20.9 Å². The highest BCUT2D eigenvalue weighted by molar-refractivity contribution is 5.95. The van der Waals surface area contributed by atoms with Crippen molar-refractivity contribution in [1.82, 2.24) is 15.5 Å². The summed E-state index contributed by atoms with van der Waals surface area (Å²) in [6.45, 7) is 3.79. The van der Waals surface area contributed by atoms with Gasteiger partial charge in [-0.1, -0.05) is 12.1 Å². The van der Waals surface area contributed by atoms with Crippen LogP contribution in [0.4, 0.5) is 5.69 Å². The summed E-state index contributed by atoms with van der Waals surface area (Å²) in [6.07, 6.45) is 2.58. The maximum Gasteiger partial charge on any atom is 0.241 e. The Kier molecular flexibility index (Phi) is 7.46. The number of anilines is 1. The summed E-state index contributed by atoms with van der Waals surface area (Å²) in [4.78, 5) is 31.8. The molecule has 29 heavy (non-hydrogen) atoms. The number of carbonyl (C=O) groups is 2. The molecule has 0 aliphatic carbocycles. The maximum atomic E-state index is 11.9. The van der Waals surface area contributed by atoms with Gasteiger partial charge in [0.05, 0.1) is 19.7 Å². The van der Waals surface area contributed by atoms with Crippen LogP contribution < -0.4 is 15.5 Å². The summed E-state index contributed by atoms with van der Waals surface area (Å²) >= 11 is 0. The molecule has 0 radical (unpaired) electrons. The van der Waals surface area contributed by atoms with Gasteiger partial charge >= 0.3 is 0 Å². The number of ether oxygens (including phenoxy) is 1. The predicted octanol–water partition coefficient (Wildman–Crippen LogP) is 0.973. The molecular formula is C21H31N5O3. The highest BCUT2D eigenvalue weighted by Crippen LogP contribution is 2.21. The molecule has 8 heteroatoms. The summed E-state index contributed by atoms with van der Waals surface area (Å²) in [5.41, 5.74) is 1.99. The van der Waals surface area contributed by atoms with Crippen molar-refractivity contribution in [2.75, 3.05) is 51.8 Å². The Bertz CT molecular complexity index is 726. The van der Waals surface area contributed by atoms with Crippen molar-refractivity contribution in [3.05, 3.63) is 29.8 Å². The monoisotopic (exact) mass is 401 g/mol. The second kappa shape index (κ2) is 10.2. The Morgan fingerprint density at radius 1 is 1.28 bits per heavy atom. The number of aliphatic imine (C=N–C) groups is 1. The summed E-state index contributed by atoms with van der Waals surface area (Å²) in [6, 6.07) is 7.94. The molecule has 1 unspecified atom stereocenters. The number of benzene rings is 1. The first-order chi connectivity index (χ1) is 14.0. The van der Waals surface area contributed by atoms with Gasteiger partial charge in [0, 0.05) is 51.8 Å². The molecule has 1 atom stereocenters. The van der Waals surface area contributed by atoms with Gasteiger partial charge in [0.15, 0.2) is 5.96 Å². The predicted molar refractivity (Wildman–Crippen MR) is 113 cm³/mol. The van der Waals surface area contributed by atoms with E-state index >= 15 is 0 Å². The summed E-state index contributed by atoms with van der Waals surface area (Å²) in [5, 5.41) is 6.43. The number of hydrogen-bond donors (Lipinski definition) is 2. The molecule has 2 aliphatic heterocycles. The third-order valence-corrected chi connectivity index (χ3v) is 5.23. The molecule has 2 fully saturated rings. The highest BCUT2D eigenvalue weighted by atomic mass is 16.5. The van der Waals surface area contributed by atoms with Crippen molar-refractivity contribution in [1.29, 1.82) is 0 Å². The Balaban J connectivity index is 1.59. The fourth-order valence-corrected chi connectivity index (χ4v) is 3.35. The Morgan fingerprint density at radius 3 is 2.69 bits per heavy atom. The lowest BCUT2D eigenvalue weighted by atomic mass is 10.1. The van der Waals surface area contributed by atoms with Crippen LogP contribution >= 0.6 is 0 Å². The average Bonchev–Trinajstić information content (AvgIpc) is 3.39. The standard InChI is InChI=1S/C21H31N5O3/c1-25(2)20(28)14-24-21(23-13-17-9-11-29-15-17)22-12-16-5-7-18(8-6-16)26-10-3-4-19(26)27/h5-8,17H,3-4,9-15H2,1-2H3,(H2,22,23,24). The molecule has 2 heterocycles. The number of nitrogens with zero attached hydrogens (tertiary/aromatic N) is 3. The first-order valence-electron chi connectivity index (χ1n) is 10.2. The van der Waals surface area contributed by atoms with Gasteiger partial charge in [-0.2, -0.15) is 0 Å². The van der Waals surface area contributed by atoms with Crippen LogP contribution in [0.3, 0.4) is 0 Å². The van der Waals surface area contributed by atoms with E-state index in [1.54, 1.807) is 19.0 Å². The first kappa shape index (κ1) is 21.1. The zero-order valence-electron chi connectivity index (χ0n) is 17.3. The fraction of sp³-hybridized carbons (Fsp3) is 0.571. The second-order valence-electron chi connectivity index (χ2n) is 7.73. The zero-order chi connectivity index (χ0) is 20.6.